The molecule has 0 aromatic heterocycles. The fourth-order valence-corrected chi connectivity index (χ4v) is 6.45. The van der Waals surface area contributed by atoms with Crippen LogP contribution in [0.25, 0.3) is 0 Å². The summed E-state index contributed by atoms with van der Waals surface area (Å²) >= 11 is 1.45. The van der Waals surface area contributed by atoms with Crippen molar-refractivity contribution in [2.45, 2.75) is 38.6 Å². The van der Waals surface area contributed by atoms with Gasteiger partial charge < -0.3 is 0 Å². The minimum Gasteiger partial charge on any atom is -0.292 e. The molecule has 0 saturated carbocycles. The summed E-state index contributed by atoms with van der Waals surface area (Å²) in [4.78, 5) is 11.9. The van der Waals surface area contributed by atoms with E-state index in [9.17, 15) is 4.79 Å². The lowest BCUT2D eigenvalue weighted by molar-refractivity contribution is -0.110. The van der Waals surface area contributed by atoms with Gasteiger partial charge in [-0.25, -0.2) is 10.0 Å². The SMILES string of the molecule is CC(=O)C1=NN(c2ccccc2C)[C@@]2(S1)c1ccccc1C(c1ccc(C(C)C)cc1)=NN2c1ccccc1. The number of rotatable bonds is 5. The molecule has 0 saturated heterocycles. The van der Waals surface area contributed by atoms with E-state index in [4.69, 9.17) is 10.2 Å². The van der Waals surface area contributed by atoms with Gasteiger partial charge in [0.25, 0.3) is 0 Å². The molecule has 5 nitrogen and oxygen atoms in total. The molecule has 2 aliphatic rings. The molecular weight excluding hydrogens is 500 g/mol. The average Bonchev–Trinajstić information content (AvgIpc) is 3.35. The lowest BCUT2D eigenvalue weighted by Crippen LogP contribution is -2.54. The first-order valence-electron chi connectivity index (χ1n) is 13.2. The van der Waals surface area contributed by atoms with Crippen LogP contribution >= 0.6 is 11.8 Å². The Morgan fingerprint density at radius 3 is 2.15 bits per heavy atom. The molecule has 2 aliphatic heterocycles. The van der Waals surface area contributed by atoms with Crippen molar-refractivity contribution >= 4 is 39.7 Å². The lowest BCUT2D eigenvalue weighted by atomic mass is 9.92. The number of anilines is 2. The second-order valence-corrected chi connectivity index (χ2v) is 11.3. The number of carbonyl (C=O) groups excluding carboxylic acids is 1. The maximum absolute atomic E-state index is 12.8. The third kappa shape index (κ3) is 4.16. The molecule has 0 N–H and O–H groups in total. The van der Waals surface area contributed by atoms with Crippen LogP contribution in [0.4, 0.5) is 11.4 Å². The third-order valence-corrected chi connectivity index (χ3v) is 8.65. The molecule has 0 fully saturated rings. The average molecular weight is 531 g/mol. The van der Waals surface area contributed by atoms with Gasteiger partial charge in [0.15, 0.2) is 10.8 Å². The van der Waals surface area contributed by atoms with Crippen molar-refractivity contribution in [1.82, 2.24) is 0 Å². The molecule has 2 heterocycles. The number of benzene rings is 4. The molecule has 1 atom stereocenters. The van der Waals surface area contributed by atoms with Gasteiger partial charge in [-0.1, -0.05) is 98.8 Å². The Balaban J connectivity index is 1.64. The Morgan fingerprint density at radius 2 is 1.46 bits per heavy atom. The van der Waals surface area contributed by atoms with Crippen molar-refractivity contribution in [3.05, 3.63) is 131 Å². The minimum absolute atomic E-state index is 0.0694. The van der Waals surface area contributed by atoms with Crippen molar-refractivity contribution in [2.24, 2.45) is 10.2 Å². The summed E-state index contributed by atoms with van der Waals surface area (Å²) in [5.41, 5.74) is 8.17. The van der Waals surface area contributed by atoms with Crippen LogP contribution in [0.15, 0.2) is 113 Å². The molecule has 1 spiro atoms. The molecule has 194 valence electrons. The molecule has 4 aromatic carbocycles. The molecule has 0 amide bonds. The molecule has 6 rings (SSSR count). The molecule has 0 unspecified atom stereocenters. The van der Waals surface area contributed by atoms with E-state index in [1.807, 2.05) is 46.4 Å². The number of thioether (sulfide) groups is 1. The number of Topliss-reactive ketones (excluding diaryl/α,β-unsaturated/α-hetero) is 1. The summed E-state index contributed by atoms with van der Waals surface area (Å²) in [6.45, 7) is 8.05. The first-order chi connectivity index (χ1) is 18.9. The van der Waals surface area contributed by atoms with Crippen LogP contribution in [0.5, 0.6) is 0 Å². The second kappa shape index (κ2) is 9.86. The Hall–Kier alpha value is -4.16. The van der Waals surface area contributed by atoms with Crippen LogP contribution in [-0.4, -0.2) is 16.5 Å². The van der Waals surface area contributed by atoms with Crippen molar-refractivity contribution in [1.29, 1.82) is 0 Å². The number of nitrogens with zero attached hydrogens (tertiary/aromatic N) is 4. The topological polar surface area (TPSA) is 48.3 Å². The quantitative estimate of drug-likeness (QED) is 0.266. The fraction of sp³-hybridized carbons (Fsp3) is 0.182. The first-order valence-corrected chi connectivity index (χ1v) is 14.0. The van der Waals surface area contributed by atoms with Gasteiger partial charge in [0.05, 0.1) is 17.1 Å². The number of aryl methyl sites for hydroxylation is 1. The third-order valence-electron chi connectivity index (χ3n) is 7.23. The standard InChI is InChI=1S/C33H30N4OS/c1-22(2)25-18-20-26(21-19-25)31-28-15-9-10-16-29(28)33(36(34-31)27-13-6-5-7-14-27)37(35-32(39-33)24(4)38)30-17-11-8-12-23(30)3/h5-22H,1-4H3/t33-/m1/s1. The van der Waals surface area contributed by atoms with Gasteiger partial charge in [-0.15, -0.1) is 0 Å². The predicted octanol–water partition coefficient (Wildman–Crippen LogP) is 7.66. The van der Waals surface area contributed by atoms with Crippen LogP contribution in [0.3, 0.4) is 0 Å². The number of hydrogen-bond acceptors (Lipinski definition) is 6. The van der Waals surface area contributed by atoms with E-state index in [0.29, 0.717) is 11.0 Å². The number of hydrogen-bond donors (Lipinski definition) is 0. The van der Waals surface area contributed by atoms with Crippen LogP contribution in [0, 0.1) is 6.92 Å². The van der Waals surface area contributed by atoms with E-state index in [2.05, 4.69) is 87.5 Å². The first kappa shape index (κ1) is 25.1. The summed E-state index contributed by atoms with van der Waals surface area (Å²) in [5.74, 6) is 0.378. The normalized spacial score (nSPS) is 18.3. The monoisotopic (exact) mass is 530 g/mol. The van der Waals surface area contributed by atoms with Crippen LogP contribution in [-0.2, 0) is 9.79 Å². The highest BCUT2D eigenvalue weighted by molar-refractivity contribution is 8.17. The maximum Gasteiger partial charge on any atom is 0.234 e. The predicted molar refractivity (Wildman–Crippen MR) is 163 cm³/mol. The largest absolute Gasteiger partial charge is 0.292 e. The lowest BCUT2D eigenvalue weighted by Gasteiger charge is -2.47. The zero-order chi connectivity index (χ0) is 27.1. The minimum atomic E-state index is -0.938. The fourth-order valence-electron chi connectivity index (χ4n) is 5.17. The molecule has 6 heteroatoms. The van der Waals surface area contributed by atoms with Gasteiger partial charge in [0, 0.05) is 23.6 Å². The van der Waals surface area contributed by atoms with E-state index < -0.39 is 4.99 Å². The number of hydrazone groups is 2. The number of ketones is 1. The molecule has 0 bridgehead atoms. The zero-order valence-electron chi connectivity index (χ0n) is 22.5. The highest BCUT2D eigenvalue weighted by Crippen LogP contribution is 2.55. The Labute approximate surface area is 233 Å². The highest BCUT2D eigenvalue weighted by Gasteiger charge is 2.56. The van der Waals surface area contributed by atoms with E-state index >= 15 is 0 Å². The summed E-state index contributed by atoms with van der Waals surface area (Å²) in [7, 11) is 0. The van der Waals surface area contributed by atoms with Crippen LogP contribution < -0.4 is 10.0 Å². The van der Waals surface area contributed by atoms with E-state index in [1.54, 1.807) is 6.92 Å². The smallest absolute Gasteiger partial charge is 0.234 e. The maximum atomic E-state index is 12.8. The van der Waals surface area contributed by atoms with Crippen molar-refractivity contribution in [3.63, 3.8) is 0 Å². The van der Waals surface area contributed by atoms with E-state index in [1.165, 1.54) is 17.3 Å². The molecule has 39 heavy (non-hydrogen) atoms. The van der Waals surface area contributed by atoms with Crippen LogP contribution in [0.1, 0.15) is 54.5 Å². The molecular formula is C33H30N4OS. The van der Waals surface area contributed by atoms with Crippen molar-refractivity contribution < 1.29 is 4.79 Å². The van der Waals surface area contributed by atoms with Crippen LogP contribution in [0.2, 0.25) is 0 Å². The Kier molecular flexibility index (Phi) is 6.35. The van der Waals surface area contributed by atoms with Gasteiger partial charge >= 0.3 is 0 Å². The van der Waals surface area contributed by atoms with Gasteiger partial charge in [-0.3, -0.25) is 4.79 Å². The summed E-state index contributed by atoms with van der Waals surface area (Å²) < 4.78 is 0. The number of carbonyl (C=O) groups is 1. The summed E-state index contributed by atoms with van der Waals surface area (Å²) in [5, 5.41) is 14.8. The van der Waals surface area contributed by atoms with E-state index in [0.717, 1.165) is 39.3 Å². The van der Waals surface area contributed by atoms with Gasteiger partial charge in [-0.05, 0) is 53.9 Å². The Morgan fingerprint density at radius 1 is 0.795 bits per heavy atom. The summed E-state index contributed by atoms with van der Waals surface area (Å²) in [6.07, 6.45) is 0. The second-order valence-electron chi connectivity index (χ2n) is 10.2. The van der Waals surface area contributed by atoms with Gasteiger partial charge in [-0.2, -0.15) is 10.2 Å². The highest BCUT2D eigenvalue weighted by atomic mass is 32.2. The number of para-hydroxylation sites is 2. The van der Waals surface area contributed by atoms with Crippen molar-refractivity contribution in [2.75, 3.05) is 10.0 Å². The Bertz CT molecular complexity index is 1610. The number of fused-ring (bicyclic) bond motifs is 2. The zero-order valence-corrected chi connectivity index (χ0v) is 23.3. The molecule has 0 aliphatic carbocycles. The van der Waals surface area contributed by atoms with Gasteiger partial charge in [0.2, 0.25) is 4.99 Å². The van der Waals surface area contributed by atoms with E-state index in [-0.39, 0.29) is 5.78 Å². The van der Waals surface area contributed by atoms with Gasteiger partial charge in [0.1, 0.15) is 0 Å². The molecule has 4 aromatic rings. The summed E-state index contributed by atoms with van der Waals surface area (Å²) in [6, 6.07) is 35.3. The van der Waals surface area contributed by atoms with Crippen molar-refractivity contribution in [3.8, 4) is 0 Å². The molecule has 0 radical (unpaired) electrons.